The van der Waals surface area contributed by atoms with Crippen LogP contribution in [0.5, 0.6) is 0 Å². The van der Waals surface area contributed by atoms with Gasteiger partial charge in [0.2, 0.25) is 0 Å². The largest absolute Gasteiger partial charge is 0.339 e. The molecular formula is C22H21N5O2. The van der Waals surface area contributed by atoms with Crippen LogP contribution in [0.15, 0.2) is 53.2 Å². The number of likely N-dealkylation sites (tertiary alicyclic amines) is 1. The number of benzene rings is 1. The molecule has 1 aromatic carbocycles. The molecule has 1 aliphatic heterocycles. The van der Waals surface area contributed by atoms with Gasteiger partial charge in [-0.15, -0.1) is 0 Å². The predicted octanol–water partition coefficient (Wildman–Crippen LogP) is 4.01. The summed E-state index contributed by atoms with van der Waals surface area (Å²) in [6, 6.07) is 13.5. The third-order valence-electron chi connectivity index (χ3n) is 5.34. The molecule has 0 N–H and O–H groups in total. The zero-order chi connectivity index (χ0) is 19.8. The van der Waals surface area contributed by atoms with E-state index in [-0.39, 0.29) is 5.91 Å². The number of amides is 1. The van der Waals surface area contributed by atoms with E-state index in [2.05, 4.69) is 15.2 Å². The van der Waals surface area contributed by atoms with Gasteiger partial charge in [0.15, 0.2) is 0 Å². The van der Waals surface area contributed by atoms with Crippen LogP contribution < -0.4 is 0 Å². The van der Waals surface area contributed by atoms with Gasteiger partial charge in [-0.25, -0.2) is 4.98 Å². The number of fused-ring (bicyclic) bond motifs is 1. The number of rotatable bonds is 4. The summed E-state index contributed by atoms with van der Waals surface area (Å²) in [4.78, 5) is 19.9. The standard InChI is InChI=1S/C22H21N5O2/c1-2-27-13-10-17(24-27)18-14-16(22(28)26-11-6-7-12-26)19-20(25-29-21(19)23-18)15-8-4-3-5-9-15/h3-5,8-10,13-14H,2,6-7,11-12H2,1H3. The van der Waals surface area contributed by atoms with E-state index >= 15 is 0 Å². The molecule has 29 heavy (non-hydrogen) atoms. The zero-order valence-electron chi connectivity index (χ0n) is 16.2. The van der Waals surface area contributed by atoms with E-state index in [0.717, 1.165) is 38.0 Å². The Hall–Kier alpha value is -3.48. The van der Waals surface area contributed by atoms with E-state index in [1.54, 1.807) is 0 Å². The molecular weight excluding hydrogens is 366 g/mol. The van der Waals surface area contributed by atoms with Crippen LogP contribution >= 0.6 is 0 Å². The van der Waals surface area contributed by atoms with Crippen molar-refractivity contribution in [1.82, 2.24) is 24.8 Å². The van der Waals surface area contributed by atoms with E-state index in [1.165, 1.54) is 0 Å². The van der Waals surface area contributed by atoms with Crippen molar-refractivity contribution in [3.63, 3.8) is 0 Å². The summed E-state index contributed by atoms with van der Waals surface area (Å²) in [5.41, 5.74) is 3.78. The summed E-state index contributed by atoms with van der Waals surface area (Å²) in [6.07, 6.45) is 3.96. The van der Waals surface area contributed by atoms with E-state index < -0.39 is 0 Å². The van der Waals surface area contributed by atoms with Gasteiger partial charge in [0.05, 0.1) is 16.6 Å². The molecule has 0 unspecified atom stereocenters. The Labute approximate surface area is 167 Å². The second kappa shape index (κ2) is 7.16. The third-order valence-corrected chi connectivity index (χ3v) is 5.34. The first-order valence-corrected chi connectivity index (χ1v) is 9.93. The Kier molecular flexibility index (Phi) is 4.35. The van der Waals surface area contributed by atoms with E-state index in [4.69, 9.17) is 4.52 Å². The minimum absolute atomic E-state index is 0.00791. The van der Waals surface area contributed by atoms with Crippen molar-refractivity contribution < 1.29 is 9.32 Å². The lowest BCUT2D eigenvalue weighted by molar-refractivity contribution is 0.0794. The molecule has 1 saturated heterocycles. The molecule has 0 spiro atoms. The average Bonchev–Trinajstić information content (AvgIpc) is 3.53. The number of hydrogen-bond donors (Lipinski definition) is 0. The Morgan fingerprint density at radius 2 is 1.90 bits per heavy atom. The fourth-order valence-corrected chi connectivity index (χ4v) is 3.81. The van der Waals surface area contributed by atoms with Gasteiger partial charge in [0.25, 0.3) is 11.6 Å². The number of pyridine rings is 1. The lowest BCUT2D eigenvalue weighted by Crippen LogP contribution is -2.27. The van der Waals surface area contributed by atoms with Gasteiger partial charge in [-0.05, 0) is 31.9 Å². The molecule has 7 heteroatoms. The van der Waals surface area contributed by atoms with Crippen LogP contribution in [0.1, 0.15) is 30.1 Å². The lowest BCUT2D eigenvalue weighted by Gasteiger charge is -2.16. The first-order valence-electron chi connectivity index (χ1n) is 9.93. The molecule has 146 valence electrons. The van der Waals surface area contributed by atoms with Gasteiger partial charge >= 0.3 is 0 Å². The first kappa shape index (κ1) is 17.6. The third kappa shape index (κ3) is 3.08. The molecule has 0 saturated carbocycles. The number of nitrogens with zero attached hydrogens (tertiary/aromatic N) is 5. The predicted molar refractivity (Wildman–Crippen MR) is 109 cm³/mol. The normalized spacial score (nSPS) is 14.0. The molecule has 0 radical (unpaired) electrons. The quantitative estimate of drug-likeness (QED) is 0.529. The van der Waals surface area contributed by atoms with Crippen molar-refractivity contribution >= 4 is 17.0 Å². The molecule has 0 atom stereocenters. The summed E-state index contributed by atoms with van der Waals surface area (Å²) in [6.45, 7) is 4.34. The Bertz CT molecular complexity index is 1170. The summed E-state index contributed by atoms with van der Waals surface area (Å²) in [5, 5.41) is 9.45. The number of aromatic nitrogens is 4. The number of aryl methyl sites for hydroxylation is 1. The fraction of sp³-hybridized carbons (Fsp3) is 0.273. The van der Waals surface area contributed by atoms with Crippen molar-refractivity contribution in [2.75, 3.05) is 13.1 Å². The van der Waals surface area contributed by atoms with Gasteiger partial charge in [-0.1, -0.05) is 35.5 Å². The van der Waals surface area contributed by atoms with Gasteiger partial charge in [-0.3, -0.25) is 9.48 Å². The number of carbonyl (C=O) groups excluding carboxylic acids is 1. The summed E-state index contributed by atoms with van der Waals surface area (Å²) < 4.78 is 7.42. The highest BCUT2D eigenvalue weighted by Crippen LogP contribution is 2.33. The molecule has 4 aromatic rings. The maximum absolute atomic E-state index is 13.4. The monoisotopic (exact) mass is 387 g/mol. The maximum atomic E-state index is 13.4. The Morgan fingerprint density at radius 3 is 2.62 bits per heavy atom. The molecule has 7 nitrogen and oxygen atoms in total. The van der Waals surface area contributed by atoms with Crippen LogP contribution in [0, 0.1) is 0 Å². The van der Waals surface area contributed by atoms with Gasteiger partial charge in [-0.2, -0.15) is 5.10 Å². The molecule has 1 aliphatic rings. The van der Waals surface area contributed by atoms with E-state index in [1.807, 2.05) is 65.2 Å². The average molecular weight is 387 g/mol. The fourth-order valence-electron chi connectivity index (χ4n) is 3.81. The van der Waals surface area contributed by atoms with E-state index in [0.29, 0.717) is 33.7 Å². The van der Waals surface area contributed by atoms with Crippen molar-refractivity contribution in [3.8, 4) is 22.6 Å². The maximum Gasteiger partial charge on any atom is 0.259 e. The second-order valence-electron chi connectivity index (χ2n) is 7.19. The van der Waals surface area contributed by atoms with Crippen LogP contribution in [0.25, 0.3) is 33.7 Å². The van der Waals surface area contributed by atoms with Gasteiger partial charge in [0.1, 0.15) is 11.4 Å². The van der Waals surface area contributed by atoms with Crippen LogP contribution in [0.4, 0.5) is 0 Å². The van der Waals surface area contributed by atoms with E-state index in [9.17, 15) is 4.79 Å². The zero-order valence-corrected chi connectivity index (χ0v) is 16.2. The minimum Gasteiger partial charge on any atom is -0.339 e. The number of hydrogen-bond acceptors (Lipinski definition) is 5. The molecule has 5 rings (SSSR count). The van der Waals surface area contributed by atoms with Crippen molar-refractivity contribution in [3.05, 3.63) is 54.2 Å². The van der Waals surface area contributed by atoms with Gasteiger partial charge in [0, 0.05) is 31.4 Å². The topological polar surface area (TPSA) is 77.0 Å². The van der Waals surface area contributed by atoms with Crippen LogP contribution in [-0.2, 0) is 6.54 Å². The lowest BCUT2D eigenvalue weighted by atomic mass is 10.0. The SMILES string of the molecule is CCn1ccc(-c2cc(C(=O)N3CCCC3)c3c(-c4ccccc4)noc3n2)n1. The molecule has 4 heterocycles. The first-order chi connectivity index (χ1) is 14.2. The van der Waals surface area contributed by atoms with Crippen LogP contribution in [-0.4, -0.2) is 43.8 Å². The van der Waals surface area contributed by atoms with Crippen LogP contribution in [0.3, 0.4) is 0 Å². The Balaban J connectivity index is 1.71. The molecule has 1 amide bonds. The highest BCUT2D eigenvalue weighted by Gasteiger charge is 2.27. The highest BCUT2D eigenvalue weighted by atomic mass is 16.5. The Morgan fingerprint density at radius 1 is 1.10 bits per heavy atom. The summed E-state index contributed by atoms with van der Waals surface area (Å²) in [5.74, 6) is -0.00791. The van der Waals surface area contributed by atoms with Gasteiger partial charge < -0.3 is 9.42 Å². The van der Waals surface area contributed by atoms with Crippen molar-refractivity contribution in [1.29, 1.82) is 0 Å². The molecule has 0 aliphatic carbocycles. The summed E-state index contributed by atoms with van der Waals surface area (Å²) in [7, 11) is 0. The molecule has 0 bridgehead atoms. The smallest absolute Gasteiger partial charge is 0.259 e. The summed E-state index contributed by atoms with van der Waals surface area (Å²) >= 11 is 0. The van der Waals surface area contributed by atoms with Crippen LogP contribution in [0.2, 0.25) is 0 Å². The highest BCUT2D eigenvalue weighted by molar-refractivity contribution is 6.10. The molecule has 1 fully saturated rings. The second-order valence-corrected chi connectivity index (χ2v) is 7.19. The van der Waals surface area contributed by atoms with Crippen molar-refractivity contribution in [2.45, 2.75) is 26.3 Å². The van der Waals surface area contributed by atoms with Crippen molar-refractivity contribution in [2.24, 2.45) is 0 Å². The molecule has 3 aromatic heterocycles. The number of carbonyl (C=O) groups is 1. The minimum atomic E-state index is -0.00791.